The van der Waals surface area contributed by atoms with Crippen LogP contribution in [0.3, 0.4) is 0 Å². The Morgan fingerprint density at radius 2 is 2.12 bits per heavy atom. The second kappa shape index (κ2) is 4.53. The van der Waals surface area contributed by atoms with Crippen LogP contribution in [0.2, 0.25) is 0 Å². The van der Waals surface area contributed by atoms with E-state index < -0.39 is 0 Å². The van der Waals surface area contributed by atoms with Crippen LogP contribution in [-0.2, 0) is 0 Å². The lowest BCUT2D eigenvalue weighted by Crippen LogP contribution is -2.32. The van der Waals surface area contributed by atoms with Crippen molar-refractivity contribution in [3.05, 3.63) is 11.6 Å². The molecule has 1 aromatic heterocycles. The fourth-order valence-electron chi connectivity index (χ4n) is 2.70. The molecule has 4 heteroatoms. The summed E-state index contributed by atoms with van der Waals surface area (Å²) >= 11 is 0. The normalized spacial score (nSPS) is 30.6. The average molecular weight is 223 g/mol. The zero-order chi connectivity index (χ0) is 11.7. The Morgan fingerprint density at radius 1 is 1.38 bits per heavy atom. The van der Waals surface area contributed by atoms with Crippen LogP contribution in [0.4, 0.5) is 0 Å². The molecule has 3 unspecified atom stereocenters. The van der Waals surface area contributed by atoms with Gasteiger partial charge in [0.25, 0.3) is 0 Å². The maximum absolute atomic E-state index is 10.1. The molecule has 1 fully saturated rings. The molecular weight excluding hydrogens is 202 g/mol. The molecule has 0 spiro atoms. The van der Waals surface area contributed by atoms with Crippen molar-refractivity contribution >= 4 is 0 Å². The first-order valence-corrected chi connectivity index (χ1v) is 6.19. The van der Waals surface area contributed by atoms with E-state index in [2.05, 4.69) is 17.0 Å². The lowest BCUT2D eigenvalue weighted by molar-refractivity contribution is 0.0463. The minimum atomic E-state index is -0.261. The van der Waals surface area contributed by atoms with Crippen molar-refractivity contribution in [1.29, 1.82) is 0 Å². The van der Waals surface area contributed by atoms with Gasteiger partial charge >= 0.3 is 0 Å². The number of hydrogen-bond donors (Lipinski definition) is 1. The van der Waals surface area contributed by atoms with Crippen LogP contribution < -0.4 is 0 Å². The van der Waals surface area contributed by atoms with Gasteiger partial charge < -0.3 is 5.11 Å². The molecule has 16 heavy (non-hydrogen) atoms. The van der Waals surface area contributed by atoms with Crippen molar-refractivity contribution < 1.29 is 5.11 Å². The van der Waals surface area contributed by atoms with E-state index in [0.717, 1.165) is 36.8 Å². The highest BCUT2D eigenvalue weighted by atomic mass is 16.3. The van der Waals surface area contributed by atoms with Gasteiger partial charge in [-0.1, -0.05) is 13.3 Å². The Hall–Kier alpha value is -0.900. The van der Waals surface area contributed by atoms with Crippen LogP contribution >= 0.6 is 0 Å². The number of aliphatic hydroxyl groups excluding tert-OH is 1. The Labute approximate surface area is 96.7 Å². The number of rotatable bonds is 2. The summed E-state index contributed by atoms with van der Waals surface area (Å²) in [5, 5.41) is 14.5. The molecular formula is C12H21N3O. The predicted octanol–water partition coefficient (Wildman–Crippen LogP) is 2.01. The van der Waals surface area contributed by atoms with Crippen LogP contribution in [0.25, 0.3) is 0 Å². The van der Waals surface area contributed by atoms with Crippen molar-refractivity contribution in [2.24, 2.45) is 5.92 Å². The molecule has 0 saturated heterocycles. The third-order valence-electron chi connectivity index (χ3n) is 3.69. The summed E-state index contributed by atoms with van der Waals surface area (Å²) in [7, 11) is 0. The molecule has 90 valence electrons. The Bertz CT molecular complexity index is 361. The average Bonchev–Trinajstić information content (AvgIpc) is 2.58. The highest BCUT2D eigenvalue weighted by molar-refractivity contribution is 4.94. The lowest BCUT2D eigenvalue weighted by Gasteiger charge is -2.33. The molecule has 1 saturated carbocycles. The first kappa shape index (κ1) is 11.6. The lowest BCUT2D eigenvalue weighted by atomic mass is 9.82. The molecule has 0 aliphatic heterocycles. The standard InChI is InChI=1S/C12H21N3O/c1-4-10-5-6-12(16)11(7-10)15-9(3)13-8(2)14-15/h10-12,16H,4-7H2,1-3H3. The second-order valence-electron chi connectivity index (χ2n) is 4.87. The van der Waals surface area contributed by atoms with Crippen molar-refractivity contribution in [2.45, 2.75) is 58.6 Å². The smallest absolute Gasteiger partial charge is 0.147 e. The molecule has 0 radical (unpaired) electrons. The largest absolute Gasteiger partial charge is 0.391 e. The third-order valence-corrected chi connectivity index (χ3v) is 3.69. The van der Waals surface area contributed by atoms with Gasteiger partial charge in [-0.05, 0) is 39.0 Å². The van der Waals surface area contributed by atoms with E-state index >= 15 is 0 Å². The van der Waals surface area contributed by atoms with E-state index in [-0.39, 0.29) is 12.1 Å². The second-order valence-corrected chi connectivity index (χ2v) is 4.87. The summed E-state index contributed by atoms with van der Waals surface area (Å²) < 4.78 is 1.92. The van der Waals surface area contributed by atoms with Crippen molar-refractivity contribution in [2.75, 3.05) is 0 Å². The molecule has 2 rings (SSSR count). The molecule has 1 aromatic rings. The van der Waals surface area contributed by atoms with E-state index in [4.69, 9.17) is 0 Å². The zero-order valence-corrected chi connectivity index (χ0v) is 10.3. The molecule has 1 N–H and O–H groups in total. The number of hydrogen-bond acceptors (Lipinski definition) is 3. The van der Waals surface area contributed by atoms with Gasteiger partial charge in [-0.2, -0.15) is 5.10 Å². The molecule has 1 heterocycles. The first-order valence-electron chi connectivity index (χ1n) is 6.19. The van der Waals surface area contributed by atoms with Crippen LogP contribution in [0.5, 0.6) is 0 Å². The molecule has 1 aliphatic rings. The molecule has 0 aromatic carbocycles. The number of aromatic nitrogens is 3. The summed E-state index contributed by atoms with van der Waals surface area (Å²) in [5.74, 6) is 2.43. The summed E-state index contributed by atoms with van der Waals surface area (Å²) in [6, 6.07) is 0.125. The van der Waals surface area contributed by atoms with Crippen LogP contribution in [0.1, 0.15) is 50.3 Å². The van der Waals surface area contributed by atoms with Gasteiger partial charge in [0, 0.05) is 0 Å². The molecule has 3 atom stereocenters. The van der Waals surface area contributed by atoms with Crippen molar-refractivity contribution in [3.63, 3.8) is 0 Å². The number of aryl methyl sites for hydroxylation is 2. The monoisotopic (exact) mass is 223 g/mol. The van der Waals surface area contributed by atoms with Crippen LogP contribution in [-0.4, -0.2) is 26.0 Å². The summed E-state index contributed by atoms with van der Waals surface area (Å²) in [5.41, 5.74) is 0. The highest BCUT2D eigenvalue weighted by Gasteiger charge is 2.31. The maximum atomic E-state index is 10.1. The first-order chi connectivity index (χ1) is 7.61. The Balaban J connectivity index is 2.21. The molecule has 0 bridgehead atoms. The highest BCUT2D eigenvalue weighted by Crippen LogP contribution is 2.34. The van der Waals surface area contributed by atoms with Crippen molar-refractivity contribution in [1.82, 2.24) is 14.8 Å². The van der Waals surface area contributed by atoms with Gasteiger partial charge in [0.1, 0.15) is 11.6 Å². The topological polar surface area (TPSA) is 50.9 Å². The van der Waals surface area contributed by atoms with Gasteiger partial charge in [-0.25, -0.2) is 9.67 Å². The summed E-state index contributed by atoms with van der Waals surface area (Å²) in [4.78, 5) is 4.31. The minimum Gasteiger partial charge on any atom is -0.391 e. The number of nitrogens with zero attached hydrogens (tertiary/aromatic N) is 3. The zero-order valence-electron chi connectivity index (χ0n) is 10.3. The molecule has 1 aliphatic carbocycles. The van der Waals surface area contributed by atoms with E-state index in [0.29, 0.717) is 0 Å². The van der Waals surface area contributed by atoms with Gasteiger partial charge in [-0.3, -0.25) is 0 Å². The van der Waals surface area contributed by atoms with Crippen LogP contribution in [0.15, 0.2) is 0 Å². The summed E-state index contributed by atoms with van der Waals surface area (Å²) in [6.45, 7) is 6.08. The fraction of sp³-hybridized carbons (Fsp3) is 0.833. The van der Waals surface area contributed by atoms with Gasteiger partial charge in [0.15, 0.2) is 0 Å². The SMILES string of the molecule is CCC1CCC(O)C(n2nc(C)nc2C)C1. The fourth-order valence-corrected chi connectivity index (χ4v) is 2.70. The quantitative estimate of drug-likeness (QED) is 0.834. The minimum absolute atomic E-state index is 0.125. The third kappa shape index (κ3) is 2.12. The van der Waals surface area contributed by atoms with Gasteiger partial charge in [0.05, 0.1) is 12.1 Å². The van der Waals surface area contributed by atoms with Crippen molar-refractivity contribution in [3.8, 4) is 0 Å². The Morgan fingerprint density at radius 3 is 2.69 bits per heavy atom. The number of aliphatic hydroxyl groups is 1. The Kier molecular flexibility index (Phi) is 3.28. The van der Waals surface area contributed by atoms with Gasteiger partial charge in [0.2, 0.25) is 0 Å². The van der Waals surface area contributed by atoms with E-state index in [1.165, 1.54) is 6.42 Å². The van der Waals surface area contributed by atoms with Crippen LogP contribution in [0, 0.1) is 19.8 Å². The maximum Gasteiger partial charge on any atom is 0.147 e. The van der Waals surface area contributed by atoms with E-state index in [1.54, 1.807) is 0 Å². The summed E-state index contributed by atoms with van der Waals surface area (Å²) in [6.07, 6.45) is 3.99. The van der Waals surface area contributed by atoms with E-state index in [1.807, 2.05) is 18.5 Å². The van der Waals surface area contributed by atoms with E-state index in [9.17, 15) is 5.11 Å². The predicted molar refractivity (Wildman–Crippen MR) is 62.2 cm³/mol. The molecule has 4 nitrogen and oxygen atoms in total. The molecule has 0 amide bonds. The van der Waals surface area contributed by atoms with Gasteiger partial charge in [-0.15, -0.1) is 0 Å².